The van der Waals surface area contributed by atoms with Crippen LogP contribution in [-0.2, 0) is 4.79 Å². The standard InChI is InChI=1S/C30H50N4O3/c1-6-15-34(16-7-2)30(37)25-14-10-13-24(19-25)29(36)33-27(17-21(3)4)26(31)18-22(5)28(35)32-20-23-11-8-9-12-23/h10,13-14,19,21-23,26-27H,6-9,11-12,15-18,20,31H2,1-5H3,(H,32,35)(H,33,36)/t22-,26+,27+/m1/s1. The first kappa shape index (κ1) is 30.8. The molecule has 0 heterocycles. The van der Waals surface area contributed by atoms with E-state index in [2.05, 4.69) is 38.3 Å². The quantitative estimate of drug-likeness (QED) is 0.314. The molecule has 3 atom stereocenters. The number of rotatable bonds is 15. The van der Waals surface area contributed by atoms with Crippen molar-refractivity contribution in [2.75, 3.05) is 19.6 Å². The van der Waals surface area contributed by atoms with E-state index >= 15 is 0 Å². The van der Waals surface area contributed by atoms with Crippen LogP contribution < -0.4 is 16.4 Å². The van der Waals surface area contributed by atoms with Crippen LogP contribution in [0.5, 0.6) is 0 Å². The van der Waals surface area contributed by atoms with Crippen LogP contribution in [0.3, 0.4) is 0 Å². The predicted octanol–water partition coefficient (Wildman–Crippen LogP) is 4.75. The molecule has 1 aromatic rings. The lowest BCUT2D eigenvalue weighted by molar-refractivity contribution is -0.125. The fourth-order valence-electron chi connectivity index (χ4n) is 5.24. The van der Waals surface area contributed by atoms with E-state index in [1.54, 1.807) is 24.3 Å². The van der Waals surface area contributed by atoms with E-state index < -0.39 is 0 Å². The zero-order valence-electron chi connectivity index (χ0n) is 23.7. The molecule has 0 aliphatic heterocycles. The molecule has 7 heteroatoms. The molecule has 1 fully saturated rings. The molecule has 3 amide bonds. The molecule has 208 valence electrons. The maximum atomic E-state index is 13.2. The monoisotopic (exact) mass is 514 g/mol. The molecule has 0 saturated heterocycles. The Kier molecular flexibility index (Phi) is 13.1. The van der Waals surface area contributed by atoms with Gasteiger partial charge in [-0.3, -0.25) is 14.4 Å². The Hall–Kier alpha value is -2.41. The normalized spacial score (nSPS) is 16.3. The van der Waals surface area contributed by atoms with Crippen molar-refractivity contribution >= 4 is 17.7 Å². The van der Waals surface area contributed by atoms with E-state index in [0.29, 0.717) is 48.9 Å². The van der Waals surface area contributed by atoms with Crippen molar-refractivity contribution in [3.05, 3.63) is 35.4 Å². The number of nitrogens with one attached hydrogen (secondary N) is 2. The highest BCUT2D eigenvalue weighted by atomic mass is 16.2. The van der Waals surface area contributed by atoms with Crippen LogP contribution in [-0.4, -0.2) is 54.3 Å². The van der Waals surface area contributed by atoms with Gasteiger partial charge in [-0.1, -0.05) is 53.5 Å². The number of nitrogens with two attached hydrogens (primary N) is 1. The average Bonchev–Trinajstić information content (AvgIpc) is 3.39. The largest absolute Gasteiger partial charge is 0.356 e. The van der Waals surface area contributed by atoms with Gasteiger partial charge in [0.25, 0.3) is 11.8 Å². The molecule has 37 heavy (non-hydrogen) atoms. The molecular formula is C30H50N4O3. The average molecular weight is 515 g/mol. The molecule has 1 aliphatic rings. The smallest absolute Gasteiger partial charge is 0.253 e. The predicted molar refractivity (Wildman–Crippen MR) is 150 cm³/mol. The van der Waals surface area contributed by atoms with Gasteiger partial charge in [0, 0.05) is 48.8 Å². The molecule has 4 N–H and O–H groups in total. The minimum Gasteiger partial charge on any atom is -0.356 e. The summed E-state index contributed by atoms with van der Waals surface area (Å²) in [6.45, 7) is 12.3. The number of hydrogen-bond donors (Lipinski definition) is 3. The van der Waals surface area contributed by atoms with Gasteiger partial charge in [0.05, 0.1) is 0 Å². The highest BCUT2D eigenvalue weighted by molar-refractivity contribution is 5.99. The van der Waals surface area contributed by atoms with Crippen molar-refractivity contribution in [1.82, 2.24) is 15.5 Å². The third kappa shape index (κ3) is 10.1. The molecule has 1 aromatic carbocycles. The minimum absolute atomic E-state index is 0.0342. The van der Waals surface area contributed by atoms with Crippen LogP contribution in [0.15, 0.2) is 24.3 Å². The Morgan fingerprint density at radius 2 is 1.62 bits per heavy atom. The zero-order chi connectivity index (χ0) is 27.4. The maximum absolute atomic E-state index is 13.2. The molecule has 0 radical (unpaired) electrons. The number of carbonyl (C=O) groups excluding carboxylic acids is 3. The highest BCUT2D eigenvalue weighted by Gasteiger charge is 2.27. The van der Waals surface area contributed by atoms with Crippen molar-refractivity contribution in [2.45, 2.75) is 98.1 Å². The number of nitrogens with zero attached hydrogens (tertiary/aromatic N) is 1. The first-order valence-corrected chi connectivity index (χ1v) is 14.4. The Morgan fingerprint density at radius 3 is 2.22 bits per heavy atom. The van der Waals surface area contributed by atoms with Crippen LogP contribution >= 0.6 is 0 Å². The minimum atomic E-state index is -0.354. The highest BCUT2D eigenvalue weighted by Crippen LogP contribution is 2.24. The number of carbonyl (C=O) groups is 3. The molecule has 0 bridgehead atoms. The summed E-state index contributed by atoms with van der Waals surface area (Å²) in [7, 11) is 0. The summed E-state index contributed by atoms with van der Waals surface area (Å²) >= 11 is 0. The Morgan fingerprint density at radius 1 is 1.00 bits per heavy atom. The number of hydrogen-bond acceptors (Lipinski definition) is 4. The van der Waals surface area contributed by atoms with Gasteiger partial charge in [0.15, 0.2) is 0 Å². The van der Waals surface area contributed by atoms with Crippen LogP contribution in [0.4, 0.5) is 0 Å². The van der Waals surface area contributed by atoms with Crippen LogP contribution in [0.2, 0.25) is 0 Å². The van der Waals surface area contributed by atoms with Gasteiger partial charge in [-0.15, -0.1) is 0 Å². The van der Waals surface area contributed by atoms with Gasteiger partial charge in [0.1, 0.15) is 0 Å². The van der Waals surface area contributed by atoms with E-state index in [-0.39, 0.29) is 35.7 Å². The molecule has 7 nitrogen and oxygen atoms in total. The summed E-state index contributed by atoms with van der Waals surface area (Å²) in [5.74, 6) is 0.431. The SMILES string of the molecule is CCCN(CCC)C(=O)c1cccc(C(=O)N[C@@H](CC(C)C)[C@@H](N)C[C@@H](C)C(=O)NCC2CCCC2)c1. The first-order chi connectivity index (χ1) is 17.7. The fraction of sp³-hybridized carbons (Fsp3) is 0.700. The van der Waals surface area contributed by atoms with E-state index in [9.17, 15) is 14.4 Å². The van der Waals surface area contributed by atoms with Gasteiger partial charge >= 0.3 is 0 Å². The van der Waals surface area contributed by atoms with E-state index in [4.69, 9.17) is 5.73 Å². The van der Waals surface area contributed by atoms with E-state index in [1.807, 2.05) is 11.8 Å². The van der Waals surface area contributed by atoms with Crippen molar-refractivity contribution in [2.24, 2.45) is 23.5 Å². The molecule has 1 saturated carbocycles. The summed E-state index contributed by atoms with van der Waals surface area (Å²) in [6, 6.07) is 6.30. The summed E-state index contributed by atoms with van der Waals surface area (Å²) in [5.41, 5.74) is 7.55. The topological polar surface area (TPSA) is 105 Å². The van der Waals surface area contributed by atoms with Gasteiger partial charge in [-0.05, 0) is 68.6 Å². The zero-order valence-corrected chi connectivity index (χ0v) is 23.7. The summed E-state index contributed by atoms with van der Waals surface area (Å²) in [6.07, 6.45) is 7.87. The van der Waals surface area contributed by atoms with Crippen LogP contribution in [0, 0.1) is 17.8 Å². The van der Waals surface area contributed by atoms with Crippen molar-refractivity contribution in [3.63, 3.8) is 0 Å². The van der Waals surface area contributed by atoms with Gasteiger partial charge in [-0.25, -0.2) is 0 Å². The summed E-state index contributed by atoms with van der Waals surface area (Å²) in [4.78, 5) is 40.8. The van der Waals surface area contributed by atoms with Crippen LogP contribution in [0.1, 0.15) is 107 Å². The Balaban J connectivity index is 2.03. The lowest BCUT2D eigenvalue weighted by Gasteiger charge is -2.28. The molecule has 0 unspecified atom stereocenters. The lowest BCUT2D eigenvalue weighted by atomic mass is 9.90. The van der Waals surface area contributed by atoms with Crippen molar-refractivity contribution < 1.29 is 14.4 Å². The van der Waals surface area contributed by atoms with Gasteiger partial charge in [-0.2, -0.15) is 0 Å². The maximum Gasteiger partial charge on any atom is 0.253 e. The lowest BCUT2D eigenvalue weighted by Crippen LogP contribution is -2.50. The van der Waals surface area contributed by atoms with E-state index in [1.165, 1.54) is 25.7 Å². The third-order valence-corrected chi connectivity index (χ3v) is 7.32. The molecular weight excluding hydrogens is 464 g/mol. The number of amides is 3. The second-order valence-electron chi connectivity index (χ2n) is 11.3. The Labute approximate surface area is 224 Å². The van der Waals surface area contributed by atoms with Crippen molar-refractivity contribution in [3.8, 4) is 0 Å². The van der Waals surface area contributed by atoms with Gasteiger partial charge < -0.3 is 21.3 Å². The molecule has 1 aliphatic carbocycles. The van der Waals surface area contributed by atoms with Crippen molar-refractivity contribution in [1.29, 1.82) is 0 Å². The first-order valence-electron chi connectivity index (χ1n) is 14.4. The molecule has 2 rings (SSSR count). The second kappa shape index (κ2) is 15.8. The fourth-order valence-corrected chi connectivity index (χ4v) is 5.24. The second-order valence-corrected chi connectivity index (χ2v) is 11.3. The molecule has 0 spiro atoms. The van der Waals surface area contributed by atoms with E-state index in [0.717, 1.165) is 19.4 Å². The summed E-state index contributed by atoms with van der Waals surface area (Å²) < 4.78 is 0. The number of benzene rings is 1. The molecule has 0 aromatic heterocycles. The van der Waals surface area contributed by atoms with Crippen LogP contribution in [0.25, 0.3) is 0 Å². The van der Waals surface area contributed by atoms with Gasteiger partial charge in [0.2, 0.25) is 5.91 Å². The Bertz CT molecular complexity index is 860. The summed E-state index contributed by atoms with van der Waals surface area (Å²) in [5, 5.41) is 6.21. The third-order valence-electron chi connectivity index (χ3n) is 7.32.